The van der Waals surface area contributed by atoms with Gasteiger partial charge in [-0.2, -0.15) is 0 Å². The molecule has 26 heavy (non-hydrogen) atoms. The van der Waals surface area contributed by atoms with Crippen LogP contribution in [-0.4, -0.2) is 25.4 Å². The zero-order chi connectivity index (χ0) is 18.1. The molecule has 3 N–H and O–H groups in total. The van der Waals surface area contributed by atoms with Crippen LogP contribution in [-0.2, 0) is 6.54 Å². The van der Waals surface area contributed by atoms with Gasteiger partial charge >= 0.3 is 0 Å². The summed E-state index contributed by atoms with van der Waals surface area (Å²) in [5.41, 5.74) is 7.89. The molecule has 0 amide bonds. The van der Waals surface area contributed by atoms with Gasteiger partial charge in [0.15, 0.2) is 5.96 Å². The molecule has 0 fully saturated rings. The molecule has 2 aromatic rings. The summed E-state index contributed by atoms with van der Waals surface area (Å²) in [7, 11) is 0. The molecule has 0 aliphatic rings. The van der Waals surface area contributed by atoms with Crippen molar-refractivity contribution in [2.75, 3.05) is 24.8 Å². The van der Waals surface area contributed by atoms with Gasteiger partial charge in [-0.25, -0.2) is 4.99 Å². The second-order valence-corrected chi connectivity index (χ2v) is 6.08. The number of hydrogen-bond donors (Lipinski definition) is 2. The van der Waals surface area contributed by atoms with Crippen LogP contribution in [0, 0.1) is 0 Å². The monoisotopic (exact) mass is 487 g/mol. The molecule has 0 spiro atoms. The lowest BCUT2D eigenvalue weighted by Crippen LogP contribution is -2.23. The first kappa shape index (κ1) is 22.4. The quantitative estimate of drug-likeness (QED) is 0.244. The van der Waals surface area contributed by atoms with Gasteiger partial charge in [-0.3, -0.25) is 0 Å². The summed E-state index contributed by atoms with van der Waals surface area (Å²) in [6.45, 7) is 5.57. The van der Waals surface area contributed by atoms with Gasteiger partial charge in [0.25, 0.3) is 0 Å². The SMILES string of the molecule is CCOc1ccc(OCC)c(NC(N)=NCc2ccc(SC)cc2)c1.I. The average Bonchev–Trinajstić information content (AvgIpc) is 2.63. The van der Waals surface area contributed by atoms with Crippen molar-refractivity contribution < 1.29 is 9.47 Å². The molecule has 2 aromatic carbocycles. The Kier molecular flexibility index (Phi) is 10.3. The van der Waals surface area contributed by atoms with Crippen molar-refractivity contribution in [3.8, 4) is 11.5 Å². The van der Waals surface area contributed by atoms with Crippen LogP contribution in [0.15, 0.2) is 52.4 Å². The third-order valence-corrected chi connectivity index (χ3v) is 4.16. The van der Waals surface area contributed by atoms with E-state index in [1.807, 2.05) is 32.0 Å². The lowest BCUT2D eigenvalue weighted by Gasteiger charge is -2.14. The number of guanidine groups is 1. The van der Waals surface area contributed by atoms with Crippen LogP contribution in [0.4, 0.5) is 5.69 Å². The van der Waals surface area contributed by atoms with Crippen LogP contribution >= 0.6 is 35.7 Å². The van der Waals surface area contributed by atoms with Crippen molar-refractivity contribution in [2.24, 2.45) is 10.7 Å². The third-order valence-electron chi connectivity index (χ3n) is 3.42. The smallest absolute Gasteiger partial charge is 0.193 e. The number of benzene rings is 2. The fourth-order valence-electron chi connectivity index (χ4n) is 2.23. The Balaban J connectivity index is 0.00000338. The van der Waals surface area contributed by atoms with Crippen LogP contribution in [0.1, 0.15) is 19.4 Å². The van der Waals surface area contributed by atoms with Gasteiger partial charge < -0.3 is 20.5 Å². The molecule has 0 atom stereocenters. The molecule has 0 radical (unpaired) electrons. The van der Waals surface area contributed by atoms with Crippen LogP contribution in [0.5, 0.6) is 11.5 Å². The van der Waals surface area contributed by atoms with Crippen LogP contribution in [0.2, 0.25) is 0 Å². The number of aliphatic imine (C=N–C) groups is 1. The van der Waals surface area contributed by atoms with E-state index >= 15 is 0 Å². The zero-order valence-corrected chi connectivity index (χ0v) is 18.5. The Bertz CT molecular complexity index is 708. The van der Waals surface area contributed by atoms with Crippen LogP contribution in [0.3, 0.4) is 0 Å². The fraction of sp³-hybridized carbons (Fsp3) is 0.316. The number of anilines is 1. The van der Waals surface area contributed by atoms with E-state index in [9.17, 15) is 0 Å². The van der Waals surface area contributed by atoms with Crippen LogP contribution < -0.4 is 20.5 Å². The summed E-state index contributed by atoms with van der Waals surface area (Å²) in [6.07, 6.45) is 2.06. The number of rotatable bonds is 8. The highest BCUT2D eigenvalue weighted by Crippen LogP contribution is 2.29. The van der Waals surface area contributed by atoms with Crippen molar-refractivity contribution in [2.45, 2.75) is 25.3 Å². The van der Waals surface area contributed by atoms with Crippen molar-refractivity contribution >= 4 is 47.4 Å². The Morgan fingerprint density at radius 2 is 1.77 bits per heavy atom. The van der Waals surface area contributed by atoms with Crippen molar-refractivity contribution in [3.05, 3.63) is 48.0 Å². The number of nitrogens with zero attached hydrogens (tertiary/aromatic N) is 1. The number of thioether (sulfide) groups is 1. The molecular weight excluding hydrogens is 461 g/mol. The van der Waals surface area contributed by atoms with Crippen molar-refractivity contribution in [3.63, 3.8) is 0 Å². The van der Waals surface area contributed by atoms with Gasteiger partial charge in [0.05, 0.1) is 25.4 Å². The maximum absolute atomic E-state index is 6.04. The third kappa shape index (κ3) is 6.95. The first-order valence-electron chi connectivity index (χ1n) is 8.25. The summed E-state index contributed by atoms with van der Waals surface area (Å²) in [6, 6.07) is 13.9. The van der Waals surface area contributed by atoms with E-state index in [2.05, 4.69) is 40.8 Å². The molecule has 0 saturated heterocycles. The molecule has 0 unspecified atom stereocenters. The second kappa shape index (κ2) is 11.9. The van der Waals surface area contributed by atoms with Gasteiger partial charge in [0, 0.05) is 11.0 Å². The van der Waals surface area contributed by atoms with E-state index in [1.165, 1.54) is 4.90 Å². The largest absolute Gasteiger partial charge is 0.494 e. The summed E-state index contributed by atoms with van der Waals surface area (Å²) in [4.78, 5) is 5.63. The molecular formula is C19H26IN3O2S. The number of halogens is 1. The molecule has 0 aliphatic heterocycles. The molecule has 5 nitrogen and oxygen atoms in total. The molecule has 0 heterocycles. The van der Waals surface area contributed by atoms with Gasteiger partial charge in [-0.1, -0.05) is 12.1 Å². The lowest BCUT2D eigenvalue weighted by molar-refractivity contribution is 0.332. The predicted octanol–water partition coefficient (Wildman–Crippen LogP) is 4.75. The molecule has 142 valence electrons. The van der Waals surface area contributed by atoms with Crippen molar-refractivity contribution in [1.82, 2.24) is 0 Å². The first-order valence-corrected chi connectivity index (χ1v) is 9.48. The summed E-state index contributed by atoms with van der Waals surface area (Å²) < 4.78 is 11.2. The van der Waals surface area contributed by atoms with E-state index in [0.29, 0.717) is 31.5 Å². The highest BCUT2D eigenvalue weighted by molar-refractivity contribution is 14.0. The minimum absolute atomic E-state index is 0. The molecule has 2 rings (SSSR count). The number of nitrogens with two attached hydrogens (primary N) is 1. The number of hydrogen-bond acceptors (Lipinski definition) is 4. The maximum atomic E-state index is 6.04. The molecule has 0 saturated carbocycles. The second-order valence-electron chi connectivity index (χ2n) is 5.20. The Morgan fingerprint density at radius 3 is 2.38 bits per heavy atom. The number of ether oxygens (including phenoxy) is 2. The summed E-state index contributed by atoms with van der Waals surface area (Å²) in [5.74, 6) is 1.81. The standard InChI is InChI=1S/C19H25N3O2S.HI/c1-4-23-15-8-11-18(24-5-2)17(12-15)22-19(20)21-13-14-6-9-16(25-3)10-7-14;/h6-12H,4-5,13H2,1-3H3,(H3,20,21,22);1H. The van der Waals surface area contributed by atoms with Gasteiger partial charge in [0.1, 0.15) is 11.5 Å². The molecule has 0 aromatic heterocycles. The highest BCUT2D eigenvalue weighted by Gasteiger charge is 2.07. The topological polar surface area (TPSA) is 68.9 Å². The molecule has 0 bridgehead atoms. The first-order chi connectivity index (χ1) is 12.2. The normalized spacial score (nSPS) is 10.8. The highest BCUT2D eigenvalue weighted by atomic mass is 127. The molecule has 7 heteroatoms. The fourth-order valence-corrected chi connectivity index (χ4v) is 2.64. The van der Waals surface area contributed by atoms with E-state index in [0.717, 1.165) is 17.0 Å². The minimum atomic E-state index is 0. The van der Waals surface area contributed by atoms with Gasteiger partial charge in [-0.05, 0) is 49.9 Å². The predicted molar refractivity (Wildman–Crippen MR) is 121 cm³/mol. The summed E-state index contributed by atoms with van der Waals surface area (Å²) in [5, 5.41) is 3.11. The minimum Gasteiger partial charge on any atom is -0.494 e. The van der Waals surface area contributed by atoms with Crippen molar-refractivity contribution in [1.29, 1.82) is 0 Å². The van der Waals surface area contributed by atoms with Gasteiger partial charge in [-0.15, -0.1) is 35.7 Å². The van der Waals surface area contributed by atoms with E-state index < -0.39 is 0 Å². The lowest BCUT2D eigenvalue weighted by atomic mass is 10.2. The van der Waals surface area contributed by atoms with Crippen LogP contribution in [0.25, 0.3) is 0 Å². The Hall–Kier alpha value is -1.61. The molecule has 0 aliphatic carbocycles. The maximum Gasteiger partial charge on any atom is 0.193 e. The summed E-state index contributed by atoms with van der Waals surface area (Å²) >= 11 is 1.72. The Morgan fingerprint density at radius 1 is 1.08 bits per heavy atom. The zero-order valence-electron chi connectivity index (χ0n) is 15.3. The Labute approximate surface area is 176 Å². The van der Waals surface area contributed by atoms with E-state index in [1.54, 1.807) is 11.8 Å². The van der Waals surface area contributed by atoms with E-state index in [4.69, 9.17) is 15.2 Å². The average molecular weight is 487 g/mol. The van der Waals surface area contributed by atoms with E-state index in [-0.39, 0.29) is 24.0 Å². The van der Waals surface area contributed by atoms with Gasteiger partial charge in [0.2, 0.25) is 0 Å². The number of nitrogens with one attached hydrogen (secondary N) is 1.